The Morgan fingerprint density at radius 3 is 1.42 bits per heavy atom. The molecule has 7 N–H and O–H groups in total. The van der Waals surface area contributed by atoms with Gasteiger partial charge in [0.15, 0.2) is 0 Å². The van der Waals surface area contributed by atoms with Crippen LogP contribution in [0.5, 0.6) is 0 Å². The van der Waals surface area contributed by atoms with Crippen molar-refractivity contribution in [3.8, 4) is 0 Å². The molecule has 0 aliphatic carbocycles. The van der Waals surface area contributed by atoms with E-state index in [1.54, 1.807) is 0 Å². The van der Waals surface area contributed by atoms with Crippen molar-refractivity contribution in [3.05, 3.63) is 0 Å². The normalized spacial score (nSPS) is 11.4. The van der Waals surface area contributed by atoms with E-state index in [2.05, 4.69) is 5.32 Å². The van der Waals surface area contributed by atoms with Crippen LogP contribution in [-0.2, 0) is 0 Å². The molecule has 0 aromatic carbocycles. The minimum atomic E-state index is -1.01. The Morgan fingerprint density at radius 2 is 1.16 bits per heavy atom. The van der Waals surface area contributed by atoms with Crippen molar-refractivity contribution in [2.24, 2.45) is 0 Å². The number of aliphatic hydroxyl groups excluding tert-OH is 6. The fraction of sp³-hybridized carbons (Fsp3) is 0.900. The van der Waals surface area contributed by atoms with E-state index in [4.69, 9.17) is 30.6 Å². The van der Waals surface area contributed by atoms with E-state index < -0.39 is 63.8 Å². The van der Waals surface area contributed by atoms with Crippen LogP contribution in [0.3, 0.4) is 0 Å². The number of carbonyl (C=O) groups is 1. The number of hydrogen-bond donors (Lipinski definition) is 7. The van der Waals surface area contributed by atoms with Crippen molar-refractivity contribution in [1.82, 2.24) is 10.2 Å². The van der Waals surface area contributed by atoms with Crippen molar-refractivity contribution in [3.63, 3.8) is 0 Å². The second-order valence-electron chi connectivity index (χ2n) is 3.96. The highest BCUT2D eigenvalue weighted by Crippen LogP contribution is 2.07. The first-order chi connectivity index (χ1) is 9.09. The van der Waals surface area contributed by atoms with Crippen LogP contribution in [0.2, 0.25) is 0 Å². The molecular formula is C10H22N2O7. The lowest BCUT2D eigenvalue weighted by Crippen LogP contribution is -2.58. The average molecular weight is 282 g/mol. The summed E-state index contributed by atoms with van der Waals surface area (Å²) in [4.78, 5) is 12.8. The molecule has 0 fully saturated rings. The Morgan fingerprint density at radius 1 is 0.789 bits per heavy atom. The molecule has 0 unspecified atom stereocenters. The van der Waals surface area contributed by atoms with Crippen LogP contribution < -0.4 is 5.32 Å². The standard InChI is InChI=1S/C10H22N2O7/c13-1-7(2-14)11-10(19)12(8(3-15)4-16)9(5-17)6-18/h7-9,13-18H,1-6H2,(H,11,19). The number of hydrogen-bond acceptors (Lipinski definition) is 7. The molecule has 0 bridgehead atoms. The molecule has 0 aliphatic heterocycles. The molecule has 114 valence electrons. The van der Waals surface area contributed by atoms with Gasteiger partial charge < -0.3 is 40.9 Å². The van der Waals surface area contributed by atoms with Crippen LogP contribution >= 0.6 is 0 Å². The van der Waals surface area contributed by atoms with Gasteiger partial charge >= 0.3 is 6.03 Å². The molecule has 0 saturated carbocycles. The average Bonchev–Trinajstić information content (AvgIpc) is 2.45. The molecule has 0 spiro atoms. The minimum Gasteiger partial charge on any atom is -0.394 e. The van der Waals surface area contributed by atoms with Crippen molar-refractivity contribution in [2.45, 2.75) is 18.1 Å². The molecule has 0 aromatic heterocycles. The lowest BCUT2D eigenvalue weighted by molar-refractivity contribution is 0.0238. The van der Waals surface area contributed by atoms with Gasteiger partial charge in [-0.25, -0.2) is 4.79 Å². The third-order valence-corrected chi connectivity index (χ3v) is 2.63. The monoisotopic (exact) mass is 282 g/mol. The van der Waals surface area contributed by atoms with Crippen LogP contribution in [-0.4, -0.2) is 99.3 Å². The maximum Gasteiger partial charge on any atom is 0.318 e. The van der Waals surface area contributed by atoms with E-state index in [-0.39, 0.29) is 0 Å². The van der Waals surface area contributed by atoms with Gasteiger partial charge in [-0.1, -0.05) is 0 Å². The SMILES string of the molecule is O=C(NC(CO)CO)N(C(CO)CO)C(CO)CO. The highest BCUT2D eigenvalue weighted by molar-refractivity contribution is 5.75. The highest BCUT2D eigenvalue weighted by atomic mass is 16.3. The summed E-state index contributed by atoms with van der Waals surface area (Å²) in [5.74, 6) is 0. The van der Waals surface area contributed by atoms with Gasteiger partial charge in [0.05, 0.1) is 57.8 Å². The Labute approximate surface area is 110 Å². The zero-order valence-electron chi connectivity index (χ0n) is 10.5. The molecule has 0 saturated heterocycles. The van der Waals surface area contributed by atoms with E-state index in [1.165, 1.54) is 0 Å². The van der Waals surface area contributed by atoms with Crippen LogP contribution in [0.15, 0.2) is 0 Å². The summed E-state index contributed by atoms with van der Waals surface area (Å²) >= 11 is 0. The lowest BCUT2D eigenvalue weighted by atomic mass is 10.2. The van der Waals surface area contributed by atoms with E-state index in [9.17, 15) is 4.79 Å². The molecule has 0 aromatic rings. The van der Waals surface area contributed by atoms with Gasteiger partial charge in [0.1, 0.15) is 0 Å². The maximum atomic E-state index is 11.9. The summed E-state index contributed by atoms with van der Waals surface area (Å²) in [6, 6.07) is -3.76. The zero-order valence-corrected chi connectivity index (χ0v) is 10.5. The molecular weight excluding hydrogens is 260 g/mol. The van der Waals surface area contributed by atoms with Crippen LogP contribution in [0.25, 0.3) is 0 Å². The number of rotatable bonds is 9. The summed E-state index contributed by atoms with van der Waals surface area (Å²) in [5.41, 5.74) is 0. The molecule has 0 rings (SSSR count). The lowest BCUT2D eigenvalue weighted by Gasteiger charge is -2.35. The summed E-state index contributed by atoms with van der Waals surface area (Å²) in [6.45, 7) is -3.26. The number of nitrogens with one attached hydrogen (secondary N) is 1. The number of nitrogens with zero attached hydrogens (tertiary/aromatic N) is 1. The van der Waals surface area contributed by atoms with Crippen LogP contribution in [0.4, 0.5) is 4.79 Å². The number of amides is 2. The molecule has 19 heavy (non-hydrogen) atoms. The Bertz CT molecular complexity index is 230. The third-order valence-electron chi connectivity index (χ3n) is 2.63. The number of urea groups is 1. The molecule has 2 amide bonds. The van der Waals surface area contributed by atoms with Crippen molar-refractivity contribution >= 4 is 6.03 Å². The van der Waals surface area contributed by atoms with Crippen molar-refractivity contribution in [1.29, 1.82) is 0 Å². The van der Waals surface area contributed by atoms with Crippen molar-refractivity contribution < 1.29 is 35.4 Å². The third kappa shape index (κ3) is 5.27. The second kappa shape index (κ2) is 9.89. The minimum absolute atomic E-state index is 0.498. The van der Waals surface area contributed by atoms with Gasteiger partial charge in [-0.2, -0.15) is 0 Å². The first kappa shape index (κ1) is 18.0. The Kier molecular flexibility index (Phi) is 9.39. The predicted molar refractivity (Wildman–Crippen MR) is 64.2 cm³/mol. The van der Waals surface area contributed by atoms with Gasteiger partial charge in [-0.05, 0) is 0 Å². The first-order valence-electron chi connectivity index (χ1n) is 5.83. The Balaban J connectivity index is 4.95. The fourth-order valence-corrected chi connectivity index (χ4v) is 1.50. The number of aliphatic hydroxyl groups is 6. The Hall–Kier alpha value is -0.970. The summed E-state index contributed by atoms with van der Waals surface area (Å²) in [5, 5.41) is 56.4. The van der Waals surface area contributed by atoms with E-state index in [0.717, 1.165) is 4.90 Å². The first-order valence-corrected chi connectivity index (χ1v) is 5.83. The van der Waals surface area contributed by atoms with Crippen LogP contribution in [0, 0.1) is 0 Å². The van der Waals surface area contributed by atoms with E-state index >= 15 is 0 Å². The van der Waals surface area contributed by atoms with E-state index in [1.807, 2.05) is 0 Å². The van der Waals surface area contributed by atoms with Gasteiger partial charge in [0.2, 0.25) is 0 Å². The van der Waals surface area contributed by atoms with Crippen LogP contribution in [0.1, 0.15) is 0 Å². The quantitative estimate of drug-likeness (QED) is 0.228. The van der Waals surface area contributed by atoms with E-state index in [0.29, 0.717) is 0 Å². The zero-order chi connectivity index (χ0) is 14.8. The van der Waals surface area contributed by atoms with Gasteiger partial charge in [0.25, 0.3) is 0 Å². The van der Waals surface area contributed by atoms with Gasteiger partial charge in [-0.3, -0.25) is 0 Å². The predicted octanol–water partition coefficient (Wildman–Crippen LogP) is -3.94. The topological polar surface area (TPSA) is 154 Å². The van der Waals surface area contributed by atoms with Gasteiger partial charge in [0, 0.05) is 0 Å². The van der Waals surface area contributed by atoms with Crippen molar-refractivity contribution in [2.75, 3.05) is 39.6 Å². The molecule has 0 radical (unpaired) electrons. The molecule has 0 heterocycles. The fourth-order valence-electron chi connectivity index (χ4n) is 1.50. The maximum absolute atomic E-state index is 11.9. The molecule has 0 aliphatic rings. The molecule has 9 heteroatoms. The molecule has 0 atom stereocenters. The summed E-state index contributed by atoms with van der Waals surface area (Å²) in [7, 11) is 0. The van der Waals surface area contributed by atoms with Gasteiger partial charge in [-0.15, -0.1) is 0 Å². The largest absolute Gasteiger partial charge is 0.394 e. The molecule has 9 nitrogen and oxygen atoms in total. The second-order valence-corrected chi connectivity index (χ2v) is 3.96. The summed E-state index contributed by atoms with van der Waals surface area (Å²) < 4.78 is 0. The highest BCUT2D eigenvalue weighted by Gasteiger charge is 2.30. The smallest absolute Gasteiger partial charge is 0.318 e. The summed E-state index contributed by atoms with van der Waals surface area (Å²) in [6.07, 6.45) is 0. The number of carbonyl (C=O) groups excluding carboxylic acids is 1.